The van der Waals surface area contributed by atoms with E-state index in [4.69, 9.17) is 21.7 Å². The Bertz CT molecular complexity index is 192. The van der Waals surface area contributed by atoms with Crippen molar-refractivity contribution in [2.45, 2.75) is 22.7 Å². The zero-order valence-corrected chi connectivity index (χ0v) is 10.7. The second-order valence-electron chi connectivity index (χ2n) is 2.46. The molecule has 0 bridgehead atoms. The maximum absolute atomic E-state index is 10.3. The van der Waals surface area contributed by atoms with Gasteiger partial charge in [-0.25, -0.2) is 0 Å². The van der Waals surface area contributed by atoms with Gasteiger partial charge in [-0.05, 0) is 0 Å². The van der Waals surface area contributed by atoms with E-state index in [0.717, 1.165) is 0 Å². The fourth-order valence-corrected chi connectivity index (χ4v) is 7.30. The minimum atomic E-state index is -1.01. The molecule has 0 saturated heterocycles. The van der Waals surface area contributed by atoms with Gasteiger partial charge in [-0.2, -0.15) is 0 Å². The summed E-state index contributed by atoms with van der Waals surface area (Å²) in [5.74, 6) is -2.02. The molecule has 0 aliphatic carbocycles. The number of rotatable bonds is 7. The first-order valence-electron chi connectivity index (χ1n) is 3.66. The maximum atomic E-state index is 10.3. The molecule has 8 heteroatoms. The van der Waals surface area contributed by atoms with Crippen LogP contribution in [-0.2, 0) is 9.59 Å². The molecule has 0 fully saturated rings. The van der Waals surface area contributed by atoms with Crippen LogP contribution in [0.5, 0.6) is 0 Å². The van der Waals surface area contributed by atoms with Gasteiger partial charge in [0.2, 0.25) is 0 Å². The van der Waals surface area contributed by atoms with Crippen molar-refractivity contribution in [1.82, 2.24) is 0 Å². The Kier molecular flexibility index (Phi) is 7.17. The quantitative estimate of drug-likeness (QED) is 0.314. The number of hydrogen-bond donors (Lipinski definition) is 4. The second-order valence-corrected chi connectivity index (χ2v) is 9.99. The monoisotopic (exact) mass is 336 g/mol. The molecule has 0 rings (SSSR count). The van der Waals surface area contributed by atoms with Crippen LogP contribution < -0.4 is 11.5 Å². The van der Waals surface area contributed by atoms with Gasteiger partial charge in [-0.1, -0.05) is 0 Å². The third kappa shape index (κ3) is 6.37. The molecule has 6 nitrogen and oxygen atoms in total. The van der Waals surface area contributed by atoms with E-state index in [1.807, 2.05) is 0 Å². The van der Waals surface area contributed by atoms with E-state index < -0.39 is 24.0 Å². The van der Waals surface area contributed by atoms with Crippen molar-refractivity contribution in [3.05, 3.63) is 0 Å². The summed E-state index contributed by atoms with van der Waals surface area (Å²) in [6, 6.07) is -1.64. The minimum absolute atomic E-state index is 0.109. The summed E-state index contributed by atoms with van der Waals surface area (Å²) < 4.78 is 0. The van der Waals surface area contributed by atoms with Crippen molar-refractivity contribution in [3.63, 3.8) is 0 Å². The Labute approximate surface area is 92.3 Å². The molecule has 0 radical (unpaired) electrons. The standard InChI is InChI=1S/C6H12N2O4Se2/c7-3(5(9)10)1-13-14-2-4(8)6(11)12/h3-4H,1-2,7-8H2,(H,9,10)(H,11,12)/t3-,4-/m1/s1. The first kappa shape index (κ1) is 13.9. The van der Waals surface area contributed by atoms with Crippen molar-refractivity contribution >= 4 is 38.2 Å². The zero-order valence-electron chi connectivity index (χ0n) is 7.25. The van der Waals surface area contributed by atoms with Crippen molar-refractivity contribution in [3.8, 4) is 0 Å². The number of hydrogen-bond acceptors (Lipinski definition) is 4. The molecule has 0 spiro atoms. The molecule has 6 N–H and O–H groups in total. The number of nitrogens with two attached hydrogens (primary N) is 2. The Morgan fingerprint density at radius 2 is 1.29 bits per heavy atom. The fourth-order valence-electron chi connectivity index (χ4n) is 0.385. The van der Waals surface area contributed by atoms with Crippen molar-refractivity contribution in [2.75, 3.05) is 0 Å². The van der Waals surface area contributed by atoms with Crippen LogP contribution in [0.25, 0.3) is 0 Å². The summed E-state index contributed by atoms with van der Waals surface area (Å²) in [5, 5.41) is 17.8. The van der Waals surface area contributed by atoms with Crippen LogP contribution in [-0.4, -0.2) is 60.5 Å². The van der Waals surface area contributed by atoms with Crippen LogP contribution in [0, 0.1) is 0 Å². The van der Waals surface area contributed by atoms with E-state index in [1.54, 1.807) is 0 Å². The van der Waals surface area contributed by atoms with Crippen LogP contribution in [0.3, 0.4) is 0 Å². The third-order valence-corrected chi connectivity index (χ3v) is 8.42. The van der Waals surface area contributed by atoms with Crippen molar-refractivity contribution < 1.29 is 19.8 Å². The van der Waals surface area contributed by atoms with E-state index >= 15 is 0 Å². The molecule has 14 heavy (non-hydrogen) atoms. The Hall–Kier alpha value is -0.101. The number of carboxylic acids is 2. The van der Waals surface area contributed by atoms with Crippen molar-refractivity contribution in [1.29, 1.82) is 0 Å². The summed E-state index contributed by atoms with van der Waals surface area (Å²) in [6.07, 6.45) is 0. The second kappa shape index (κ2) is 7.22. The molecular weight excluding hydrogens is 322 g/mol. The van der Waals surface area contributed by atoms with Gasteiger partial charge in [0.1, 0.15) is 0 Å². The summed E-state index contributed by atoms with van der Waals surface area (Å²) in [5.41, 5.74) is 10.5. The Balaban J connectivity index is 3.47. The molecule has 0 heterocycles. The number of carbonyl (C=O) groups is 2. The summed E-state index contributed by atoms with van der Waals surface area (Å²) >= 11 is 0.218. The molecule has 0 aliphatic rings. The fraction of sp³-hybridized carbons (Fsp3) is 0.667. The normalized spacial score (nSPS) is 14.7. The molecule has 0 saturated carbocycles. The molecule has 0 amide bonds. The van der Waals surface area contributed by atoms with Crippen LogP contribution in [0.15, 0.2) is 0 Å². The molecule has 0 aromatic heterocycles. The van der Waals surface area contributed by atoms with Crippen LogP contribution >= 0.6 is 0 Å². The zero-order chi connectivity index (χ0) is 11.1. The molecular formula is C6H12N2O4Se2. The molecule has 0 aliphatic heterocycles. The van der Waals surface area contributed by atoms with Crippen molar-refractivity contribution in [2.24, 2.45) is 11.5 Å². The van der Waals surface area contributed by atoms with E-state index in [0.29, 0.717) is 10.6 Å². The Morgan fingerprint density at radius 1 is 1.00 bits per heavy atom. The molecule has 82 valence electrons. The first-order valence-corrected chi connectivity index (χ1v) is 10.4. The predicted molar refractivity (Wildman–Crippen MR) is 52.3 cm³/mol. The summed E-state index contributed by atoms with van der Waals surface area (Å²) in [7, 11) is 0. The van der Waals surface area contributed by atoms with Crippen LogP contribution in [0.4, 0.5) is 0 Å². The van der Waals surface area contributed by atoms with Gasteiger partial charge in [0, 0.05) is 0 Å². The summed E-state index contributed by atoms with van der Waals surface area (Å²) in [6.45, 7) is 0. The van der Waals surface area contributed by atoms with Gasteiger partial charge in [-0.15, -0.1) is 0 Å². The average Bonchev–Trinajstić information content (AvgIpc) is 2.11. The summed E-state index contributed by atoms with van der Waals surface area (Å²) in [4.78, 5) is 20.6. The predicted octanol–water partition coefficient (Wildman–Crippen LogP) is -2.03. The van der Waals surface area contributed by atoms with Gasteiger partial charge in [0.15, 0.2) is 0 Å². The molecule has 0 aromatic rings. The van der Waals surface area contributed by atoms with Gasteiger partial charge in [0.05, 0.1) is 0 Å². The molecule has 0 aromatic carbocycles. The van der Waals surface area contributed by atoms with Gasteiger partial charge in [-0.3, -0.25) is 0 Å². The number of carboxylic acid groups (broad SMARTS) is 2. The van der Waals surface area contributed by atoms with Gasteiger partial charge in [0.25, 0.3) is 0 Å². The van der Waals surface area contributed by atoms with Crippen LogP contribution in [0.1, 0.15) is 0 Å². The first-order chi connectivity index (χ1) is 6.45. The number of aliphatic carboxylic acids is 2. The molecule has 2 atom stereocenters. The Morgan fingerprint density at radius 3 is 1.50 bits per heavy atom. The van der Waals surface area contributed by atoms with E-state index in [1.165, 1.54) is 0 Å². The average molecular weight is 334 g/mol. The SMILES string of the molecule is N[C@H](C[Se][Se]C[C@@H](N)C(=O)O)C(=O)O. The molecule has 0 unspecified atom stereocenters. The van der Waals surface area contributed by atoms with E-state index in [-0.39, 0.29) is 26.3 Å². The van der Waals surface area contributed by atoms with E-state index in [9.17, 15) is 9.59 Å². The third-order valence-electron chi connectivity index (χ3n) is 1.21. The topological polar surface area (TPSA) is 127 Å². The van der Waals surface area contributed by atoms with E-state index in [2.05, 4.69) is 0 Å². The van der Waals surface area contributed by atoms with Gasteiger partial charge < -0.3 is 0 Å². The van der Waals surface area contributed by atoms with Gasteiger partial charge >= 0.3 is 92.2 Å². The van der Waals surface area contributed by atoms with Crippen LogP contribution in [0.2, 0.25) is 10.6 Å².